The zero-order valence-corrected chi connectivity index (χ0v) is 15.8. The molecule has 0 radical (unpaired) electrons. The SMILES string of the molecule is CCC(Oc1cccc(C)c1C)C(=O)NCc1nc(-c2cccs2)no1. The molecule has 2 aromatic heterocycles. The summed E-state index contributed by atoms with van der Waals surface area (Å²) in [5.41, 5.74) is 2.17. The van der Waals surface area contributed by atoms with Gasteiger partial charge in [0, 0.05) is 0 Å². The van der Waals surface area contributed by atoms with E-state index in [1.807, 2.05) is 56.5 Å². The van der Waals surface area contributed by atoms with Crippen molar-refractivity contribution in [1.82, 2.24) is 15.5 Å². The van der Waals surface area contributed by atoms with E-state index in [0.717, 1.165) is 21.8 Å². The number of nitrogens with one attached hydrogen (secondary N) is 1. The highest BCUT2D eigenvalue weighted by Gasteiger charge is 2.20. The number of aryl methyl sites for hydroxylation is 1. The zero-order chi connectivity index (χ0) is 18.5. The van der Waals surface area contributed by atoms with E-state index in [4.69, 9.17) is 9.26 Å². The lowest BCUT2D eigenvalue weighted by molar-refractivity contribution is -0.128. The van der Waals surface area contributed by atoms with Gasteiger partial charge in [-0.15, -0.1) is 11.3 Å². The second-order valence-corrected chi connectivity index (χ2v) is 6.87. The van der Waals surface area contributed by atoms with Gasteiger partial charge in [-0.1, -0.05) is 30.3 Å². The van der Waals surface area contributed by atoms with E-state index in [1.54, 1.807) is 0 Å². The number of benzene rings is 1. The Morgan fingerprint density at radius 1 is 1.31 bits per heavy atom. The number of thiophene rings is 1. The first-order chi connectivity index (χ1) is 12.6. The van der Waals surface area contributed by atoms with Crippen LogP contribution in [-0.2, 0) is 11.3 Å². The van der Waals surface area contributed by atoms with Crippen LogP contribution in [0.5, 0.6) is 5.75 Å². The Kier molecular flexibility index (Phi) is 5.68. The second-order valence-electron chi connectivity index (χ2n) is 5.92. The maximum atomic E-state index is 12.5. The molecule has 1 N–H and O–H groups in total. The third-order valence-corrected chi connectivity index (χ3v) is 4.98. The molecule has 3 aromatic rings. The minimum Gasteiger partial charge on any atom is -0.480 e. The molecule has 6 nitrogen and oxygen atoms in total. The van der Waals surface area contributed by atoms with E-state index in [0.29, 0.717) is 18.1 Å². The molecule has 0 saturated heterocycles. The predicted octanol–water partition coefficient (Wildman–Crippen LogP) is 3.89. The summed E-state index contributed by atoms with van der Waals surface area (Å²) in [6.07, 6.45) is -0.0149. The first-order valence-corrected chi connectivity index (χ1v) is 9.33. The van der Waals surface area contributed by atoms with Gasteiger partial charge >= 0.3 is 0 Å². The van der Waals surface area contributed by atoms with E-state index >= 15 is 0 Å². The summed E-state index contributed by atoms with van der Waals surface area (Å²) >= 11 is 1.53. The van der Waals surface area contributed by atoms with Gasteiger partial charge in [-0.05, 0) is 48.9 Å². The normalized spacial score (nSPS) is 12.0. The molecule has 1 atom stereocenters. The number of ether oxygens (including phenoxy) is 1. The molecule has 1 unspecified atom stereocenters. The third-order valence-electron chi connectivity index (χ3n) is 4.11. The minimum atomic E-state index is -0.574. The molecule has 1 amide bonds. The van der Waals surface area contributed by atoms with Crippen molar-refractivity contribution in [2.24, 2.45) is 0 Å². The van der Waals surface area contributed by atoms with Crippen molar-refractivity contribution in [2.45, 2.75) is 39.8 Å². The molecule has 0 aliphatic rings. The van der Waals surface area contributed by atoms with Crippen LogP contribution in [0.1, 0.15) is 30.4 Å². The summed E-state index contributed by atoms with van der Waals surface area (Å²) in [6.45, 7) is 6.09. The van der Waals surface area contributed by atoms with Crippen molar-refractivity contribution in [3.05, 3.63) is 52.7 Å². The monoisotopic (exact) mass is 371 g/mol. The van der Waals surface area contributed by atoms with Gasteiger partial charge in [0.15, 0.2) is 6.10 Å². The van der Waals surface area contributed by atoms with Crippen molar-refractivity contribution in [1.29, 1.82) is 0 Å². The molecule has 136 valence electrons. The smallest absolute Gasteiger partial charge is 0.261 e. The average molecular weight is 371 g/mol. The summed E-state index contributed by atoms with van der Waals surface area (Å²) in [6, 6.07) is 9.66. The Morgan fingerprint density at radius 2 is 2.15 bits per heavy atom. The molecule has 26 heavy (non-hydrogen) atoms. The van der Waals surface area contributed by atoms with Crippen molar-refractivity contribution >= 4 is 17.2 Å². The van der Waals surface area contributed by atoms with E-state index in [1.165, 1.54) is 11.3 Å². The molecule has 0 spiro atoms. The van der Waals surface area contributed by atoms with E-state index in [9.17, 15) is 4.79 Å². The van der Waals surface area contributed by atoms with E-state index < -0.39 is 6.10 Å². The molecule has 2 heterocycles. The van der Waals surface area contributed by atoms with Gasteiger partial charge in [-0.25, -0.2) is 0 Å². The predicted molar refractivity (Wildman–Crippen MR) is 100 cm³/mol. The van der Waals surface area contributed by atoms with Gasteiger partial charge in [0.05, 0.1) is 11.4 Å². The highest BCUT2D eigenvalue weighted by Crippen LogP contribution is 2.23. The van der Waals surface area contributed by atoms with Crippen LogP contribution in [0.25, 0.3) is 10.7 Å². The molecule has 0 aliphatic carbocycles. The molecule has 1 aromatic carbocycles. The maximum Gasteiger partial charge on any atom is 0.261 e. The lowest BCUT2D eigenvalue weighted by Crippen LogP contribution is -2.37. The number of aromatic nitrogens is 2. The van der Waals surface area contributed by atoms with Crippen LogP contribution in [0.4, 0.5) is 0 Å². The molecule has 0 bridgehead atoms. The van der Waals surface area contributed by atoms with Crippen molar-refractivity contribution in [3.8, 4) is 16.5 Å². The standard InChI is InChI=1S/C19H21N3O3S/c1-4-14(24-15-8-5-7-12(2)13(15)3)19(23)20-11-17-21-18(22-25-17)16-9-6-10-26-16/h5-10,14H,4,11H2,1-3H3,(H,20,23). The Bertz CT molecular complexity index is 874. The summed E-state index contributed by atoms with van der Waals surface area (Å²) in [4.78, 5) is 17.7. The lowest BCUT2D eigenvalue weighted by atomic mass is 10.1. The fourth-order valence-corrected chi connectivity index (χ4v) is 3.09. The molecule has 3 rings (SSSR count). The Hall–Kier alpha value is -2.67. The quantitative estimate of drug-likeness (QED) is 0.682. The largest absolute Gasteiger partial charge is 0.480 e. The maximum absolute atomic E-state index is 12.5. The average Bonchev–Trinajstić information content (AvgIpc) is 3.32. The molecule has 0 aliphatic heterocycles. The van der Waals surface area contributed by atoms with Gasteiger partial charge in [-0.2, -0.15) is 4.98 Å². The highest BCUT2D eigenvalue weighted by atomic mass is 32.1. The molecule has 0 saturated carbocycles. The van der Waals surface area contributed by atoms with Crippen LogP contribution in [0.3, 0.4) is 0 Å². The van der Waals surface area contributed by atoms with Crippen molar-refractivity contribution in [3.63, 3.8) is 0 Å². The van der Waals surface area contributed by atoms with Crippen LogP contribution < -0.4 is 10.1 Å². The van der Waals surface area contributed by atoms with Crippen LogP contribution in [0, 0.1) is 13.8 Å². The number of nitrogens with zero attached hydrogens (tertiary/aromatic N) is 2. The summed E-state index contributed by atoms with van der Waals surface area (Å²) < 4.78 is 11.1. The fraction of sp³-hybridized carbons (Fsp3) is 0.316. The number of hydrogen-bond donors (Lipinski definition) is 1. The van der Waals surface area contributed by atoms with Crippen molar-refractivity contribution in [2.75, 3.05) is 0 Å². The highest BCUT2D eigenvalue weighted by molar-refractivity contribution is 7.13. The summed E-state index contributed by atoms with van der Waals surface area (Å²) in [5, 5.41) is 8.69. The van der Waals surface area contributed by atoms with Crippen LogP contribution in [0.15, 0.2) is 40.2 Å². The molecular formula is C19H21N3O3S. The Morgan fingerprint density at radius 3 is 2.88 bits per heavy atom. The van der Waals surface area contributed by atoms with Gasteiger partial charge in [0.25, 0.3) is 5.91 Å². The van der Waals surface area contributed by atoms with E-state index in [2.05, 4.69) is 15.5 Å². The van der Waals surface area contributed by atoms with Crippen LogP contribution in [-0.4, -0.2) is 22.2 Å². The van der Waals surface area contributed by atoms with Crippen LogP contribution >= 0.6 is 11.3 Å². The number of amides is 1. The zero-order valence-electron chi connectivity index (χ0n) is 15.0. The molecule has 0 fully saturated rings. The first-order valence-electron chi connectivity index (χ1n) is 8.45. The third kappa shape index (κ3) is 4.11. The first kappa shape index (κ1) is 18.1. The lowest BCUT2D eigenvalue weighted by Gasteiger charge is -2.18. The number of hydrogen-bond acceptors (Lipinski definition) is 6. The molecule has 7 heteroatoms. The fourth-order valence-electron chi connectivity index (χ4n) is 2.44. The van der Waals surface area contributed by atoms with Gasteiger partial charge in [0.1, 0.15) is 5.75 Å². The number of carbonyl (C=O) groups is 1. The van der Waals surface area contributed by atoms with Gasteiger partial charge in [0.2, 0.25) is 11.7 Å². The number of rotatable bonds is 7. The number of carbonyl (C=O) groups excluding carboxylic acids is 1. The Balaban J connectivity index is 1.60. The van der Waals surface area contributed by atoms with Crippen LogP contribution in [0.2, 0.25) is 0 Å². The molecular weight excluding hydrogens is 350 g/mol. The van der Waals surface area contributed by atoms with Gasteiger partial charge < -0.3 is 14.6 Å². The van der Waals surface area contributed by atoms with E-state index in [-0.39, 0.29) is 12.5 Å². The Labute approximate surface area is 156 Å². The minimum absolute atomic E-state index is 0.171. The second kappa shape index (κ2) is 8.14. The summed E-state index contributed by atoms with van der Waals surface area (Å²) in [7, 11) is 0. The van der Waals surface area contributed by atoms with Gasteiger partial charge in [-0.3, -0.25) is 4.79 Å². The summed E-state index contributed by atoms with van der Waals surface area (Å²) in [5.74, 6) is 1.42. The topological polar surface area (TPSA) is 77.2 Å². The van der Waals surface area contributed by atoms with Crippen molar-refractivity contribution < 1.29 is 14.1 Å².